The molecule has 23 heavy (non-hydrogen) atoms. The number of nitrogens with zero attached hydrogens (tertiary/aromatic N) is 3. The summed E-state index contributed by atoms with van der Waals surface area (Å²) in [4.78, 5) is 22.3. The molecular weight excluding hydrogens is 310 g/mol. The maximum atomic E-state index is 12.4. The molecule has 4 rings (SSSR count). The lowest BCUT2D eigenvalue weighted by atomic mass is 9.92. The number of hydrogen-bond acceptors (Lipinski definition) is 5. The molecule has 0 N–H and O–H groups in total. The summed E-state index contributed by atoms with van der Waals surface area (Å²) in [6.45, 7) is 1.59. The van der Waals surface area contributed by atoms with E-state index >= 15 is 0 Å². The average Bonchev–Trinajstić information content (AvgIpc) is 2.99. The van der Waals surface area contributed by atoms with E-state index in [1.54, 1.807) is 36.9 Å². The zero-order valence-corrected chi connectivity index (χ0v) is 13.4. The minimum Gasteiger partial charge on any atom is -0.488 e. The topological polar surface area (TPSA) is 55.3 Å². The number of likely N-dealkylation sites (tertiary alicyclic amines) is 1. The maximum Gasteiger partial charge on any atom is 0.254 e. The minimum atomic E-state index is 0.0928. The van der Waals surface area contributed by atoms with Gasteiger partial charge in [-0.25, -0.2) is 0 Å². The zero-order valence-electron chi connectivity index (χ0n) is 12.6. The first-order valence-corrected chi connectivity index (χ1v) is 8.63. The van der Waals surface area contributed by atoms with Gasteiger partial charge in [0.25, 0.3) is 5.91 Å². The molecule has 0 aromatic carbocycles. The van der Waals surface area contributed by atoms with Gasteiger partial charge in [0.2, 0.25) is 0 Å². The van der Waals surface area contributed by atoms with Crippen molar-refractivity contribution in [3.05, 3.63) is 54.6 Å². The van der Waals surface area contributed by atoms with Gasteiger partial charge in [0.1, 0.15) is 11.9 Å². The van der Waals surface area contributed by atoms with Gasteiger partial charge in [-0.15, -0.1) is 11.8 Å². The molecule has 2 aliphatic rings. The second-order valence-electron chi connectivity index (χ2n) is 6.02. The Morgan fingerprint density at radius 3 is 2.78 bits per heavy atom. The van der Waals surface area contributed by atoms with Crippen molar-refractivity contribution in [1.29, 1.82) is 0 Å². The van der Waals surface area contributed by atoms with Crippen LogP contribution in [-0.4, -0.2) is 50.5 Å². The van der Waals surface area contributed by atoms with Crippen LogP contribution in [-0.2, 0) is 0 Å². The summed E-state index contributed by atoms with van der Waals surface area (Å²) in [5.41, 5.74) is 0.709. The molecule has 0 aliphatic carbocycles. The van der Waals surface area contributed by atoms with Gasteiger partial charge < -0.3 is 9.64 Å². The Labute approximate surface area is 139 Å². The fourth-order valence-electron chi connectivity index (χ4n) is 3.18. The Morgan fingerprint density at radius 2 is 2.04 bits per heavy atom. The van der Waals surface area contributed by atoms with Crippen molar-refractivity contribution in [3.8, 4) is 5.75 Å². The van der Waals surface area contributed by atoms with E-state index in [9.17, 15) is 4.79 Å². The van der Waals surface area contributed by atoms with E-state index in [0.717, 1.165) is 31.0 Å². The Morgan fingerprint density at radius 1 is 1.22 bits per heavy atom. The lowest BCUT2D eigenvalue weighted by Crippen LogP contribution is -2.60. The van der Waals surface area contributed by atoms with Gasteiger partial charge in [-0.1, -0.05) is 0 Å². The number of hydrogen-bond donors (Lipinski definition) is 0. The van der Waals surface area contributed by atoms with Crippen molar-refractivity contribution in [3.63, 3.8) is 0 Å². The van der Waals surface area contributed by atoms with E-state index in [2.05, 4.69) is 9.97 Å². The van der Waals surface area contributed by atoms with Crippen LogP contribution in [0, 0.1) is 0 Å². The number of pyridine rings is 2. The highest BCUT2D eigenvalue weighted by Gasteiger charge is 2.51. The summed E-state index contributed by atoms with van der Waals surface area (Å²) < 4.78 is 6.15. The summed E-state index contributed by atoms with van der Waals surface area (Å²) in [5, 5.41) is 0. The normalized spacial score (nSPS) is 21.9. The fraction of sp³-hybridized carbons (Fsp3) is 0.353. The highest BCUT2D eigenvalue weighted by Crippen LogP contribution is 2.46. The van der Waals surface area contributed by atoms with Gasteiger partial charge in [0.05, 0.1) is 10.9 Å². The molecule has 4 heterocycles. The Hall–Kier alpha value is -2.08. The molecule has 0 unspecified atom stereocenters. The van der Waals surface area contributed by atoms with Gasteiger partial charge in [-0.3, -0.25) is 14.8 Å². The number of ether oxygens (including phenoxy) is 1. The number of amides is 1. The lowest BCUT2D eigenvalue weighted by Gasteiger charge is -2.47. The zero-order chi connectivity index (χ0) is 15.7. The molecule has 2 aromatic rings. The van der Waals surface area contributed by atoms with Gasteiger partial charge in [-0.05, 0) is 24.3 Å². The molecule has 2 aliphatic heterocycles. The highest BCUT2D eigenvalue weighted by molar-refractivity contribution is 8.01. The number of rotatable bonds is 3. The summed E-state index contributed by atoms with van der Waals surface area (Å²) in [6.07, 6.45) is 7.98. The van der Waals surface area contributed by atoms with Crippen LogP contribution in [0.3, 0.4) is 0 Å². The minimum absolute atomic E-state index is 0.0928. The van der Waals surface area contributed by atoms with E-state index in [1.807, 2.05) is 28.8 Å². The van der Waals surface area contributed by atoms with Gasteiger partial charge in [0.15, 0.2) is 0 Å². The molecule has 118 valence electrons. The fourth-order valence-corrected chi connectivity index (χ4v) is 4.70. The third-order valence-electron chi connectivity index (χ3n) is 4.28. The Balaban J connectivity index is 1.34. The van der Waals surface area contributed by atoms with Crippen LogP contribution in [0.25, 0.3) is 0 Å². The maximum absolute atomic E-state index is 12.4. The molecule has 6 heteroatoms. The predicted octanol–water partition coefficient (Wildman–Crippen LogP) is 2.26. The van der Waals surface area contributed by atoms with Crippen LogP contribution in [0.2, 0.25) is 0 Å². The second-order valence-corrected chi connectivity index (χ2v) is 7.51. The monoisotopic (exact) mass is 327 g/mol. The van der Waals surface area contributed by atoms with E-state index in [-0.39, 0.29) is 16.8 Å². The average molecular weight is 327 g/mol. The molecule has 0 saturated carbocycles. The van der Waals surface area contributed by atoms with E-state index in [1.165, 1.54) is 0 Å². The van der Waals surface area contributed by atoms with Crippen molar-refractivity contribution >= 4 is 17.7 Å². The van der Waals surface area contributed by atoms with Gasteiger partial charge in [-0.2, -0.15) is 0 Å². The summed E-state index contributed by atoms with van der Waals surface area (Å²) in [6, 6.07) is 7.35. The Bertz CT molecular complexity index is 689. The summed E-state index contributed by atoms with van der Waals surface area (Å²) in [7, 11) is 0. The second kappa shape index (κ2) is 5.85. The third-order valence-corrected chi connectivity index (χ3v) is 5.86. The van der Waals surface area contributed by atoms with E-state index < -0.39 is 0 Å². The standard InChI is InChI=1S/C17H17N3O2S/c21-16(13-3-6-18-7-4-13)20-11-17(12-20)8-15(10-23-17)22-14-2-1-5-19-9-14/h1-7,9,15H,8,10-12H2/t15-/m0/s1. The lowest BCUT2D eigenvalue weighted by molar-refractivity contribution is 0.0518. The third kappa shape index (κ3) is 2.91. The molecule has 2 saturated heterocycles. The largest absolute Gasteiger partial charge is 0.488 e. The first kappa shape index (κ1) is 14.5. The summed E-state index contributed by atoms with van der Waals surface area (Å²) in [5.74, 6) is 1.88. The molecule has 1 spiro atoms. The molecule has 0 bridgehead atoms. The highest BCUT2D eigenvalue weighted by atomic mass is 32.2. The first-order chi connectivity index (χ1) is 11.2. The van der Waals surface area contributed by atoms with E-state index in [4.69, 9.17) is 4.74 Å². The molecule has 2 aromatic heterocycles. The van der Waals surface area contributed by atoms with E-state index in [0.29, 0.717) is 5.56 Å². The number of carbonyl (C=O) groups is 1. The van der Waals surface area contributed by atoms with Crippen molar-refractivity contribution in [2.45, 2.75) is 17.3 Å². The smallest absolute Gasteiger partial charge is 0.254 e. The quantitative estimate of drug-likeness (QED) is 0.865. The van der Waals surface area contributed by atoms with Crippen LogP contribution in [0.5, 0.6) is 5.75 Å². The number of thioether (sulfide) groups is 1. The number of aromatic nitrogens is 2. The van der Waals surface area contributed by atoms with Crippen molar-refractivity contribution in [2.75, 3.05) is 18.8 Å². The van der Waals surface area contributed by atoms with Gasteiger partial charge >= 0.3 is 0 Å². The first-order valence-electron chi connectivity index (χ1n) is 7.64. The van der Waals surface area contributed by atoms with Crippen LogP contribution in [0.4, 0.5) is 0 Å². The molecular formula is C17H17N3O2S. The van der Waals surface area contributed by atoms with Crippen LogP contribution >= 0.6 is 11.8 Å². The van der Waals surface area contributed by atoms with Gasteiger partial charge in [0, 0.05) is 49.4 Å². The van der Waals surface area contributed by atoms with Crippen molar-refractivity contribution < 1.29 is 9.53 Å². The molecule has 2 fully saturated rings. The molecule has 5 nitrogen and oxygen atoms in total. The Kier molecular flexibility index (Phi) is 3.69. The van der Waals surface area contributed by atoms with Crippen LogP contribution in [0.1, 0.15) is 16.8 Å². The SMILES string of the molecule is O=C(c1ccncc1)N1CC2(C[C@H](Oc3cccnc3)CS2)C1. The molecule has 0 radical (unpaired) electrons. The van der Waals surface area contributed by atoms with Crippen LogP contribution < -0.4 is 4.74 Å². The van der Waals surface area contributed by atoms with Crippen molar-refractivity contribution in [1.82, 2.24) is 14.9 Å². The molecule has 1 atom stereocenters. The number of carbonyl (C=O) groups excluding carboxylic acids is 1. The van der Waals surface area contributed by atoms with Crippen LogP contribution in [0.15, 0.2) is 49.1 Å². The predicted molar refractivity (Wildman–Crippen MR) is 88.6 cm³/mol. The molecule has 1 amide bonds. The van der Waals surface area contributed by atoms with Crippen molar-refractivity contribution in [2.24, 2.45) is 0 Å². The summed E-state index contributed by atoms with van der Waals surface area (Å²) >= 11 is 1.92.